The summed E-state index contributed by atoms with van der Waals surface area (Å²) in [7, 11) is 1.97. The summed E-state index contributed by atoms with van der Waals surface area (Å²) in [6.07, 6.45) is 3.55. The zero-order valence-corrected chi connectivity index (χ0v) is 10.0. The lowest BCUT2D eigenvalue weighted by Gasteiger charge is -2.02. The average Bonchev–Trinajstić information content (AvgIpc) is 2.77. The van der Waals surface area contributed by atoms with Gasteiger partial charge in [-0.05, 0) is 29.8 Å². The van der Waals surface area contributed by atoms with E-state index in [4.69, 9.17) is 0 Å². The second-order valence-corrected chi connectivity index (χ2v) is 4.22. The molecule has 90 valence electrons. The van der Waals surface area contributed by atoms with Crippen LogP contribution in [0.15, 0.2) is 42.7 Å². The number of aromatic nitrogens is 3. The van der Waals surface area contributed by atoms with Gasteiger partial charge in [0.05, 0.1) is 17.6 Å². The molecular weight excluding hydrogens is 226 g/mol. The van der Waals surface area contributed by atoms with Gasteiger partial charge in [-0.2, -0.15) is 0 Å². The Kier molecular flexibility index (Phi) is 2.57. The topological polar surface area (TPSA) is 50.9 Å². The highest BCUT2D eigenvalue weighted by molar-refractivity contribution is 5.81. The molecule has 0 atom stereocenters. The zero-order chi connectivity index (χ0) is 12.5. The van der Waals surface area contributed by atoms with Gasteiger partial charge in [-0.15, -0.1) is 0 Å². The molecule has 18 heavy (non-hydrogen) atoms. The lowest BCUT2D eigenvalue weighted by Crippen LogP contribution is -1.93. The van der Waals surface area contributed by atoms with Crippen LogP contribution in [0.2, 0.25) is 0 Å². The van der Waals surface area contributed by atoms with Crippen LogP contribution in [0.1, 0.15) is 5.56 Å². The molecule has 2 heterocycles. The molecular formula is C14H13N3O. The number of hydrogen-bond donors (Lipinski definition) is 1. The predicted octanol–water partition coefficient (Wildman–Crippen LogP) is 2.13. The highest BCUT2D eigenvalue weighted by atomic mass is 16.3. The van der Waals surface area contributed by atoms with Gasteiger partial charge in [-0.1, -0.05) is 6.07 Å². The van der Waals surface area contributed by atoms with Crippen molar-refractivity contribution in [1.82, 2.24) is 14.5 Å². The standard InChI is InChI=1S/C14H13N3O/c1-17-13-7-10(9-18)4-5-12(13)16-14(17)11-3-2-6-15-8-11/h2-8,18H,9H2,1H3. The molecule has 2 aromatic heterocycles. The van der Waals surface area contributed by atoms with Crippen LogP contribution in [0.3, 0.4) is 0 Å². The van der Waals surface area contributed by atoms with Crippen LogP contribution in [0.25, 0.3) is 22.4 Å². The minimum absolute atomic E-state index is 0.0450. The predicted molar refractivity (Wildman–Crippen MR) is 69.9 cm³/mol. The molecule has 0 fully saturated rings. The van der Waals surface area contributed by atoms with Gasteiger partial charge in [-0.3, -0.25) is 4.98 Å². The fraction of sp³-hybridized carbons (Fsp3) is 0.143. The van der Waals surface area contributed by atoms with Crippen LogP contribution in [-0.4, -0.2) is 19.6 Å². The number of aliphatic hydroxyl groups excluding tert-OH is 1. The van der Waals surface area contributed by atoms with Crippen molar-refractivity contribution in [2.45, 2.75) is 6.61 Å². The molecule has 3 rings (SSSR count). The van der Waals surface area contributed by atoms with Crippen molar-refractivity contribution in [3.8, 4) is 11.4 Å². The maximum atomic E-state index is 9.17. The normalized spacial score (nSPS) is 11.0. The summed E-state index contributed by atoms with van der Waals surface area (Å²) < 4.78 is 2.02. The van der Waals surface area contributed by atoms with Crippen molar-refractivity contribution in [2.75, 3.05) is 0 Å². The highest BCUT2D eigenvalue weighted by Crippen LogP contribution is 2.23. The Hall–Kier alpha value is -2.20. The van der Waals surface area contributed by atoms with E-state index in [9.17, 15) is 5.11 Å². The van der Waals surface area contributed by atoms with Gasteiger partial charge in [0.25, 0.3) is 0 Å². The fourth-order valence-corrected chi connectivity index (χ4v) is 2.09. The fourth-order valence-electron chi connectivity index (χ4n) is 2.09. The van der Waals surface area contributed by atoms with Gasteiger partial charge in [0.2, 0.25) is 0 Å². The zero-order valence-electron chi connectivity index (χ0n) is 10.0. The second-order valence-electron chi connectivity index (χ2n) is 4.22. The minimum atomic E-state index is 0.0450. The van der Waals surface area contributed by atoms with E-state index >= 15 is 0 Å². The lowest BCUT2D eigenvalue weighted by molar-refractivity contribution is 0.282. The lowest BCUT2D eigenvalue weighted by atomic mass is 10.2. The van der Waals surface area contributed by atoms with Crippen LogP contribution < -0.4 is 0 Å². The van der Waals surface area contributed by atoms with Crippen molar-refractivity contribution >= 4 is 11.0 Å². The number of benzene rings is 1. The molecule has 0 saturated heterocycles. The number of fused-ring (bicyclic) bond motifs is 1. The Balaban J connectivity index is 2.23. The molecule has 3 aromatic rings. The van der Waals surface area contributed by atoms with Crippen molar-refractivity contribution < 1.29 is 5.11 Å². The Morgan fingerprint density at radius 3 is 2.89 bits per heavy atom. The van der Waals surface area contributed by atoms with Crippen LogP contribution in [0.5, 0.6) is 0 Å². The van der Waals surface area contributed by atoms with Gasteiger partial charge in [0, 0.05) is 25.0 Å². The quantitative estimate of drug-likeness (QED) is 0.745. The van der Waals surface area contributed by atoms with E-state index in [-0.39, 0.29) is 6.61 Å². The van der Waals surface area contributed by atoms with E-state index in [0.717, 1.165) is 28.0 Å². The first-order valence-electron chi connectivity index (χ1n) is 5.76. The van der Waals surface area contributed by atoms with E-state index < -0.39 is 0 Å². The second kappa shape index (κ2) is 4.23. The van der Waals surface area contributed by atoms with E-state index in [2.05, 4.69) is 9.97 Å². The SMILES string of the molecule is Cn1c(-c2cccnc2)nc2ccc(CO)cc21. The third-order valence-electron chi connectivity index (χ3n) is 3.05. The van der Waals surface area contributed by atoms with E-state index in [0.29, 0.717) is 0 Å². The number of aliphatic hydroxyl groups is 1. The van der Waals surface area contributed by atoms with Crippen LogP contribution in [-0.2, 0) is 13.7 Å². The van der Waals surface area contributed by atoms with Gasteiger partial charge in [0.1, 0.15) is 5.82 Å². The van der Waals surface area contributed by atoms with Crippen LogP contribution >= 0.6 is 0 Å². The summed E-state index contributed by atoms with van der Waals surface area (Å²) in [5, 5.41) is 9.17. The van der Waals surface area contributed by atoms with Crippen molar-refractivity contribution in [3.05, 3.63) is 48.3 Å². The molecule has 1 aromatic carbocycles. The highest BCUT2D eigenvalue weighted by Gasteiger charge is 2.09. The molecule has 0 radical (unpaired) electrons. The van der Waals surface area contributed by atoms with E-state index in [1.54, 1.807) is 12.4 Å². The van der Waals surface area contributed by atoms with Crippen LogP contribution in [0.4, 0.5) is 0 Å². The number of nitrogens with zero attached hydrogens (tertiary/aromatic N) is 3. The maximum absolute atomic E-state index is 9.17. The Bertz CT molecular complexity index is 689. The van der Waals surface area contributed by atoms with E-state index in [1.165, 1.54) is 0 Å². The third kappa shape index (κ3) is 1.67. The largest absolute Gasteiger partial charge is 0.392 e. The third-order valence-corrected chi connectivity index (χ3v) is 3.05. The molecule has 1 N–H and O–H groups in total. The summed E-state index contributed by atoms with van der Waals surface area (Å²) in [6, 6.07) is 9.67. The molecule has 0 aliphatic heterocycles. The summed E-state index contributed by atoms with van der Waals surface area (Å²) >= 11 is 0. The molecule has 0 amide bonds. The molecule has 0 unspecified atom stereocenters. The number of hydrogen-bond acceptors (Lipinski definition) is 3. The maximum Gasteiger partial charge on any atom is 0.142 e. The summed E-state index contributed by atoms with van der Waals surface area (Å²) in [6.45, 7) is 0.0450. The number of aryl methyl sites for hydroxylation is 1. The molecule has 4 nitrogen and oxygen atoms in total. The first-order chi connectivity index (χ1) is 8.79. The summed E-state index contributed by atoms with van der Waals surface area (Å²) in [5.74, 6) is 0.883. The average molecular weight is 239 g/mol. The molecule has 4 heteroatoms. The molecule has 0 saturated carbocycles. The molecule has 0 bridgehead atoms. The summed E-state index contributed by atoms with van der Waals surface area (Å²) in [5.41, 5.74) is 3.82. The monoisotopic (exact) mass is 239 g/mol. The molecule has 0 aliphatic rings. The molecule has 0 aliphatic carbocycles. The van der Waals surface area contributed by atoms with Gasteiger partial charge >= 0.3 is 0 Å². The van der Waals surface area contributed by atoms with Crippen molar-refractivity contribution in [2.24, 2.45) is 7.05 Å². The van der Waals surface area contributed by atoms with Gasteiger partial charge < -0.3 is 9.67 Å². The Morgan fingerprint density at radius 1 is 1.28 bits per heavy atom. The first-order valence-corrected chi connectivity index (χ1v) is 5.76. The number of pyridine rings is 1. The minimum Gasteiger partial charge on any atom is -0.392 e. The van der Waals surface area contributed by atoms with E-state index in [1.807, 2.05) is 41.9 Å². The van der Waals surface area contributed by atoms with Gasteiger partial charge in [-0.25, -0.2) is 4.98 Å². The Labute approximate surface area is 105 Å². The smallest absolute Gasteiger partial charge is 0.142 e. The van der Waals surface area contributed by atoms with Crippen LogP contribution in [0, 0.1) is 0 Å². The Morgan fingerprint density at radius 2 is 2.17 bits per heavy atom. The summed E-state index contributed by atoms with van der Waals surface area (Å²) in [4.78, 5) is 8.71. The number of rotatable bonds is 2. The van der Waals surface area contributed by atoms with Crippen molar-refractivity contribution in [1.29, 1.82) is 0 Å². The first kappa shape index (κ1) is 10.9. The molecule has 0 spiro atoms. The van der Waals surface area contributed by atoms with Gasteiger partial charge in [0.15, 0.2) is 0 Å². The number of imidazole rings is 1. The van der Waals surface area contributed by atoms with Crippen molar-refractivity contribution in [3.63, 3.8) is 0 Å².